The summed E-state index contributed by atoms with van der Waals surface area (Å²) in [5.74, 6) is -0.212. The van der Waals surface area contributed by atoms with Gasteiger partial charge in [-0.1, -0.05) is 30.3 Å². The number of ether oxygens (including phenoxy) is 1. The molecule has 1 heterocycles. The van der Waals surface area contributed by atoms with Gasteiger partial charge in [0.1, 0.15) is 11.8 Å². The maximum atomic E-state index is 12.3. The van der Waals surface area contributed by atoms with Crippen molar-refractivity contribution in [2.75, 3.05) is 6.61 Å². The molecular weight excluding hydrogens is 266 g/mol. The van der Waals surface area contributed by atoms with Gasteiger partial charge in [0, 0.05) is 24.4 Å². The molecule has 21 heavy (non-hydrogen) atoms. The van der Waals surface area contributed by atoms with Crippen LogP contribution in [0.3, 0.4) is 0 Å². The highest BCUT2D eigenvalue weighted by Crippen LogP contribution is 2.45. The quantitative estimate of drug-likeness (QED) is 0.798. The molecular formula is C17H21NO3. The number of esters is 1. The number of benzene rings is 1. The van der Waals surface area contributed by atoms with Gasteiger partial charge in [-0.2, -0.15) is 0 Å². The largest absolute Gasteiger partial charge is 0.465 e. The number of rotatable bonds is 4. The van der Waals surface area contributed by atoms with Crippen LogP contribution in [-0.4, -0.2) is 35.3 Å². The van der Waals surface area contributed by atoms with Crippen LogP contribution in [0, 0.1) is 5.92 Å². The Hall–Kier alpha value is -1.68. The van der Waals surface area contributed by atoms with E-state index < -0.39 is 6.04 Å². The summed E-state index contributed by atoms with van der Waals surface area (Å²) in [6.07, 6.45) is 1.36. The number of piperidine rings is 1. The fourth-order valence-corrected chi connectivity index (χ4v) is 3.83. The summed E-state index contributed by atoms with van der Waals surface area (Å²) >= 11 is 0. The van der Waals surface area contributed by atoms with E-state index in [1.807, 2.05) is 18.2 Å². The van der Waals surface area contributed by atoms with Crippen molar-refractivity contribution in [2.45, 2.75) is 44.8 Å². The van der Waals surface area contributed by atoms with Crippen molar-refractivity contribution in [1.82, 2.24) is 4.90 Å². The third kappa shape index (κ3) is 2.38. The van der Waals surface area contributed by atoms with Gasteiger partial charge in [0.2, 0.25) is 0 Å². The van der Waals surface area contributed by atoms with E-state index in [2.05, 4.69) is 24.0 Å². The number of Topliss-reactive ketones (excluding diaryl/α,β-unsaturated/α-hetero) is 1. The van der Waals surface area contributed by atoms with E-state index in [1.54, 1.807) is 6.92 Å². The highest BCUT2D eigenvalue weighted by atomic mass is 16.5. The van der Waals surface area contributed by atoms with Crippen LogP contribution < -0.4 is 0 Å². The average molecular weight is 287 g/mol. The molecule has 1 aromatic rings. The minimum absolute atomic E-state index is 0.115. The predicted molar refractivity (Wildman–Crippen MR) is 78.6 cm³/mol. The second-order valence-corrected chi connectivity index (χ2v) is 5.90. The van der Waals surface area contributed by atoms with Gasteiger partial charge < -0.3 is 4.74 Å². The highest BCUT2D eigenvalue weighted by molar-refractivity contribution is 5.92. The highest BCUT2D eigenvalue weighted by Gasteiger charge is 2.55. The molecule has 0 radical (unpaired) electrons. The Bertz CT molecular complexity index is 542. The molecule has 1 aromatic carbocycles. The first kappa shape index (κ1) is 14.3. The first-order chi connectivity index (χ1) is 10.1. The van der Waals surface area contributed by atoms with Gasteiger partial charge in [0.05, 0.1) is 6.61 Å². The SMILES string of the molecule is CCOC(=O)[C@@H]1[C@@H]2C[C@@H](CC2=O)N1[C@H](C)c1ccccc1. The molecule has 4 nitrogen and oxygen atoms in total. The number of ketones is 1. The lowest BCUT2D eigenvalue weighted by Crippen LogP contribution is -2.50. The Kier molecular flexibility index (Phi) is 3.81. The smallest absolute Gasteiger partial charge is 0.324 e. The lowest BCUT2D eigenvalue weighted by molar-refractivity contribution is -0.155. The van der Waals surface area contributed by atoms with Gasteiger partial charge in [-0.25, -0.2) is 0 Å². The van der Waals surface area contributed by atoms with Gasteiger partial charge in [0.25, 0.3) is 0 Å². The number of likely N-dealkylation sites (tertiary alicyclic amines) is 1. The van der Waals surface area contributed by atoms with Gasteiger partial charge in [0.15, 0.2) is 0 Å². The van der Waals surface area contributed by atoms with Gasteiger partial charge >= 0.3 is 5.97 Å². The molecule has 4 atom stereocenters. The fourth-order valence-electron chi connectivity index (χ4n) is 3.83. The number of hydrogen-bond acceptors (Lipinski definition) is 4. The molecule has 1 aliphatic heterocycles. The number of fused-ring (bicyclic) bond motifs is 2. The fraction of sp³-hybridized carbons (Fsp3) is 0.529. The monoisotopic (exact) mass is 287 g/mol. The maximum Gasteiger partial charge on any atom is 0.324 e. The van der Waals surface area contributed by atoms with E-state index in [1.165, 1.54) is 5.56 Å². The van der Waals surface area contributed by atoms with Crippen molar-refractivity contribution in [2.24, 2.45) is 5.92 Å². The van der Waals surface area contributed by atoms with Crippen LogP contribution in [0.1, 0.15) is 38.3 Å². The number of carbonyl (C=O) groups is 2. The van der Waals surface area contributed by atoms with Crippen LogP contribution in [0.2, 0.25) is 0 Å². The third-order valence-corrected chi connectivity index (χ3v) is 4.76. The Morgan fingerprint density at radius 3 is 2.76 bits per heavy atom. The summed E-state index contributed by atoms with van der Waals surface area (Å²) in [5, 5.41) is 0. The zero-order valence-electron chi connectivity index (χ0n) is 12.5. The first-order valence-electron chi connectivity index (χ1n) is 7.65. The number of hydrogen-bond donors (Lipinski definition) is 0. The lowest BCUT2D eigenvalue weighted by Gasteiger charge is -2.37. The van der Waals surface area contributed by atoms with Crippen LogP contribution in [0.15, 0.2) is 30.3 Å². The van der Waals surface area contributed by atoms with Gasteiger partial charge in [-0.3, -0.25) is 14.5 Å². The summed E-state index contributed by atoms with van der Waals surface area (Å²) in [7, 11) is 0. The summed E-state index contributed by atoms with van der Waals surface area (Å²) in [6, 6.07) is 10.0. The van der Waals surface area contributed by atoms with E-state index in [9.17, 15) is 9.59 Å². The van der Waals surface area contributed by atoms with Gasteiger partial charge in [-0.15, -0.1) is 0 Å². The van der Waals surface area contributed by atoms with Crippen molar-refractivity contribution in [1.29, 1.82) is 0 Å². The van der Waals surface area contributed by atoms with E-state index in [-0.39, 0.29) is 29.8 Å². The van der Waals surface area contributed by atoms with E-state index in [0.717, 1.165) is 6.42 Å². The molecule has 2 aliphatic rings. The van der Waals surface area contributed by atoms with Crippen LogP contribution in [0.4, 0.5) is 0 Å². The zero-order chi connectivity index (χ0) is 15.0. The number of carbonyl (C=O) groups excluding carboxylic acids is 2. The molecule has 2 fully saturated rings. The first-order valence-corrected chi connectivity index (χ1v) is 7.65. The molecule has 0 N–H and O–H groups in total. The van der Waals surface area contributed by atoms with E-state index in [4.69, 9.17) is 4.74 Å². The Morgan fingerprint density at radius 2 is 2.10 bits per heavy atom. The minimum atomic E-state index is -0.411. The summed E-state index contributed by atoms with van der Waals surface area (Å²) < 4.78 is 5.21. The van der Waals surface area contributed by atoms with Crippen LogP contribution in [0.5, 0.6) is 0 Å². The van der Waals surface area contributed by atoms with Crippen molar-refractivity contribution in [3.05, 3.63) is 35.9 Å². The predicted octanol–water partition coefficient (Wildman–Crippen LogP) is 2.34. The molecule has 0 amide bonds. The van der Waals surface area contributed by atoms with Crippen molar-refractivity contribution < 1.29 is 14.3 Å². The van der Waals surface area contributed by atoms with E-state index in [0.29, 0.717) is 13.0 Å². The molecule has 2 bridgehead atoms. The summed E-state index contributed by atoms with van der Waals surface area (Å²) in [4.78, 5) is 26.5. The number of nitrogens with zero attached hydrogens (tertiary/aromatic N) is 1. The molecule has 0 aromatic heterocycles. The molecule has 0 unspecified atom stereocenters. The molecule has 0 spiro atoms. The normalized spacial score (nSPS) is 29.6. The second kappa shape index (κ2) is 5.60. The third-order valence-electron chi connectivity index (χ3n) is 4.76. The molecule has 1 saturated heterocycles. The minimum Gasteiger partial charge on any atom is -0.465 e. The molecule has 112 valence electrons. The van der Waals surface area contributed by atoms with Crippen LogP contribution in [-0.2, 0) is 14.3 Å². The Morgan fingerprint density at radius 1 is 1.38 bits per heavy atom. The van der Waals surface area contributed by atoms with Gasteiger partial charge in [-0.05, 0) is 25.8 Å². The maximum absolute atomic E-state index is 12.3. The lowest BCUT2D eigenvalue weighted by atomic mass is 9.94. The van der Waals surface area contributed by atoms with Crippen LogP contribution in [0.25, 0.3) is 0 Å². The Labute approximate surface area is 125 Å². The molecule has 3 rings (SSSR count). The molecule has 1 aliphatic carbocycles. The topological polar surface area (TPSA) is 46.6 Å². The van der Waals surface area contributed by atoms with E-state index >= 15 is 0 Å². The Balaban J connectivity index is 1.89. The zero-order valence-corrected chi connectivity index (χ0v) is 12.5. The van der Waals surface area contributed by atoms with Crippen molar-refractivity contribution in [3.63, 3.8) is 0 Å². The van der Waals surface area contributed by atoms with Crippen molar-refractivity contribution in [3.8, 4) is 0 Å². The standard InChI is InChI=1S/C17H21NO3/c1-3-21-17(20)16-14-9-13(10-15(14)19)18(16)11(2)12-7-5-4-6-8-12/h4-8,11,13-14,16H,3,9-10H2,1-2H3/t11-,13+,14-,16+/m1/s1. The summed E-state index contributed by atoms with van der Waals surface area (Å²) in [5.41, 5.74) is 1.17. The summed E-state index contributed by atoms with van der Waals surface area (Å²) in [6.45, 7) is 4.26. The van der Waals surface area contributed by atoms with Crippen LogP contribution >= 0.6 is 0 Å². The second-order valence-electron chi connectivity index (χ2n) is 5.90. The average Bonchev–Trinajstić information content (AvgIpc) is 3.04. The molecule has 4 heteroatoms. The molecule has 1 saturated carbocycles. The van der Waals surface area contributed by atoms with Crippen molar-refractivity contribution >= 4 is 11.8 Å².